The lowest BCUT2D eigenvalue weighted by Crippen LogP contribution is -2.47. The summed E-state index contributed by atoms with van der Waals surface area (Å²) in [6.07, 6.45) is 0.0158. The Hall–Kier alpha value is -0.180. The third-order valence-corrected chi connectivity index (χ3v) is 2.94. The molecule has 84 valence electrons. The van der Waals surface area contributed by atoms with E-state index in [4.69, 9.17) is 0 Å². The first-order valence-electron chi connectivity index (χ1n) is 5.28. The van der Waals surface area contributed by atoms with Gasteiger partial charge in [0.2, 0.25) is 0 Å². The van der Waals surface area contributed by atoms with Crippen molar-refractivity contribution < 1.29 is 8.78 Å². The Morgan fingerprint density at radius 3 is 2.07 bits per heavy atom. The molecule has 14 heavy (non-hydrogen) atoms. The predicted octanol–water partition coefficient (Wildman–Crippen LogP) is 3.15. The van der Waals surface area contributed by atoms with E-state index < -0.39 is 5.92 Å². The molecule has 1 unspecified atom stereocenters. The second-order valence-corrected chi connectivity index (χ2v) is 5.67. The van der Waals surface area contributed by atoms with Gasteiger partial charge in [-0.2, -0.15) is 0 Å². The smallest absolute Gasteiger partial charge is 0.262 e. The first-order valence-corrected chi connectivity index (χ1v) is 5.28. The van der Waals surface area contributed by atoms with Gasteiger partial charge in [-0.25, -0.2) is 8.78 Å². The van der Waals surface area contributed by atoms with E-state index in [9.17, 15) is 8.78 Å². The highest BCUT2D eigenvalue weighted by Gasteiger charge is 2.49. The van der Waals surface area contributed by atoms with Gasteiger partial charge in [0.15, 0.2) is 0 Å². The average Bonchev–Trinajstić information content (AvgIpc) is 2.24. The van der Waals surface area contributed by atoms with Crippen LogP contribution in [0.1, 0.15) is 41.0 Å². The quantitative estimate of drug-likeness (QED) is 0.635. The Labute approximate surface area is 85.5 Å². The number of hydrogen-bond acceptors (Lipinski definition) is 1. The molecule has 1 nitrogen and oxygen atoms in total. The third-order valence-electron chi connectivity index (χ3n) is 2.94. The van der Waals surface area contributed by atoms with Crippen LogP contribution in [0.15, 0.2) is 0 Å². The number of alkyl halides is 2. The molecule has 1 aliphatic heterocycles. The largest absolute Gasteiger partial charge is 0.289 e. The lowest BCUT2D eigenvalue weighted by atomic mass is 9.97. The lowest BCUT2D eigenvalue weighted by molar-refractivity contribution is 0.00115. The van der Waals surface area contributed by atoms with E-state index in [1.165, 1.54) is 0 Å². The van der Waals surface area contributed by atoms with Crippen molar-refractivity contribution in [1.82, 2.24) is 4.90 Å². The maximum Gasteiger partial charge on any atom is 0.262 e. The Morgan fingerprint density at radius 2 is 1.79 bits per heavy atom. The molecule has 0 spiro atoms. The summed E-state index contributed by atoms with van der Waals surface area (Å²) in [4.78, 5) is 1.94. The summed E-state index contributed by atoms with van der Waals surface area (Å²) in [5, 5.41) is 0. The fraction of sp³-hybridized carbons (Fsp3) is 1.00. The summed E-state index contributed by atoms with van der Waals surface area (Å²) in [6.45, 7) is 9.96. The van der Waals surface area contributed by atoms with E-state index in [0.29, 0.717) is 5.92 Å². The standard InChI is InChI=1S/C11H21F2N/c1-8(2)9-6-11(12,13)7-14(9)10(3,4)5/h8-9H,6-7H2,1-5H3. The average molecular weight is 205 g/mol. The van der Waals surface area contributed by atoms with Crippen LogP contribution in [0.3, 0.4) is 0 Å². The summed E-state index contributed by atoms with van der Waals surface area (Å²) in [5.74, 6) is -2.20. The minimum Gasteiger partial charge on any atom is -0.289 e. The molecule has 1 heterocycles. The normalized spacial score (nSPS) is 28.7. The molecule has 0 aromatic heterocycles. The third kappa shape index (κ3) is 2.44. The van der Waals surface area contributed by atoms with Crippen LogP contribution in [0.4, 0.5) is 8.78 Å². The highest BCUT2D eigenvalue weighted by Crippen LogP contribution is 2.39. The molecule has 0 aliphatic carbocycles. The number of likely N-dealkylation sites (tertiary alicyclic amines) is 1. The highest BCUT2D eigenvalue weighted by atomic mass is 19.3. The summed E-state index contributed by atoms with van der Waals surface area (Å²) in [5.41, 5.74) is -0.158. The van der Waals surface area contributed by atoms with Crippen LogP contribution in [-0.4, -0.2) is 28.9 Å². The van der Waals surface area contributed by atoms with Crippen molar-refractivity contribution in [3.63, 3.8) is 0 Å². The molecule has 1 fully saturated rings. The lowest BCUT2D eigenvalue weighted by Gasteiger charge is -2.38. The Bertz CT molecular complexity index is 206. The minimum atomic E-state index is -2.50. The van der Waals surface area contributed by atoms with Crippen LogP contribution in [0.2, 0.25) is 0 Å². The molecule has 0 N–H and O–H groups in total. The van der Waals surface area contributed by atoms with Gasteiger partial charge in [0.05, 0.1) is 6.54 Å². The van der Waals surface area contributed by atoms with Crippen molar-refractivity contribution in [1.29, 1.82) is 0 Å². The zero-order valence-corrected chi connectivity index (χ0v) is 9.77. The first-order chi connectivity index (χ1) is 6.13. The van der Waals surface area contributed by atoms with Gasteiger partial charge in [0, 0.05) is 18.0 Å². The van der Waals surface area contributed by atoms with Crippen LogP contribution < -0.4 is 0 Å². The maximum atomic E-state index is 13.3. The summed E-state index contributed by atoms with van der Waals surface area (Å²) >= 11 is 0. The van der Waals surface area contributed by atoms with Crippen molar-refractivity contribution >= 4 is 0 Å². The fourth-order valence-corrected chi connectivity index (χ4v) is 2.18. The SMILES string of the molecule is CC(C)C1CC(F)(F)CN1C(C)(C)C. The molecule has 0 radical (unpaired) electrons. The molecule has 1 rings (SSSR count). The van der Waals surface area contributed by atoms with Gasteiger partial charge in [-0.1, -0.05) is 13.8 Å². The maximum absolute atomic E-state index is 13.3. The predicted molar refractivity (Wildman–Crippen MR) is 54.6 cm³/mol. The van der Waals surface area contributed by atoms with Gasteiger partial charge >= 0.3 is 0 Å². The molecule has 1 atom stereocenters. The van der Waals surface area contributed by atoms with Crippen molar-refractivity contribution in [2.24, 2.45) is 5.92 Å². The van der Waals surface area contributed by atoms with Gasteiger partial charge in [-0.05, 0) is 26.7 Å². The van der Waals surface area contributed by atoms with Gasteiger partial charge < -0.3 is 0 Å². The summed E-state index contributed by atoms with van der Waals surface area (Å²) < 4.78 is 26.6. The first kappa shape index (κ1) is 11.9. The number of hydrogen-bond donors (Lipinski definition) is 0. The Kier molecular flexibility index (Phi) is 2.92. The van der Waals surface area contributed by atoms with Crippen LogP contribution in [0.25, 0.3) is 0 Å². The molecular formula is C11H21F2N. The molecule has 1 aliphatic rings. The van der Waals surface area contributed by atoms with Crippen molar-refractivity contribution in [2.75, 3.05) is 6.54 Å². The van der Waals surface area contributed by atoms with Gasteiger partial charge in [0.1, 0.15) is 0 Å². The monoisotopic (exact) mass is 205 g/mol. The Morgan fingerprint density at radius 1 is 1.29 bits per heavy atom. The highest BCUT2D eigenvalue weighted by molar-refractivity contribution is 4.97. The van der Waals surface area contributed by atoms with Crippen molar-refractivity contribution in [3.8, 4) is 0 Å². The second kappa shape index (κ2) is 3.44. The molecule has 1 saturated heterocycles. The van der Waals surface area contributed by atoms with Crippen LogP contribution >= 0.6 is 0 Å². The number of rotatable bonds is 1. The van der Waals surface area contributed by atoms with Gasteiger partial charge in [-0.3, -0.25) is 4.90 Å². The second-order valence-electron chi connectivity index (χ2n) is 5.67. The van der Waals surface area contributed by atoms with Gasteiger partial charge in [-0.15, -0.1) is 0 Å². The van der Waals surface area contributed by atoms with E-state index in [1.807, 2.05) is 39.5 Å². The Balaban J connectivity index is 2.83. The molecule has 0 aromatic carbocycles. The number of halogens is 2. The topological polar surface area (TPSA) is 3.24 Å². The van der Waals surface area contributed by atoms with E-state index >= 15 is 0 Å². The zero-order chi connectivity index (χ0) is 11.1. The molecule has 0 bridgehead atoms. The molecular weight excluding hydrogens is 184 g/mol. The van der Waals surface area contributed by atoms with E-state index in [0.717, 1.165) is 0 Å². The van der Waals surface area contributed by atoms with E-state index in [-0.39, 0.29) is 24.5 Å². The molecule has 0 aromatic rings. The van der Waals surface area contributed by atoms with Crippen LogP contribution in [-0.2, 0) is 0 Å². The fourth-order valence-electron chi connectivity index (χ4n) is 2.18. The van der Waals surface area contributed by atoms with E-state index in [2.05, 4.69) is 0 Å². The summed E-state index contributed by atoms with van der Waals surface area (Å²) in [7, 11) is 0. The van der Waals surface area contributed by atoms with E-state index in [1.54, 1.807) is 0 Å². The van der Waals surface area contributed by atoms with Crippen molar-refractivity contribution in [2.45, 2.75) is 58.5 Å². The molecule has 3 heteroatoms. The van der Waals surface area contributed by atoms with Crippen molar-refractivity contribution in [3.05, 3.63) is 0 Å². The molecule has 0 saturated carbocycles. The van der Waals surface area contributed by atoms with Crippen LogP contribution in [0, 0.1) is 5.92 Å². The minimum absolute atomic E-state index is 0.0158. The molecule has 0 amide bonds. The van der Waals surface area contributed by atoms with Gasteiger partial charge in [0.25, 0.3) is 5.92 Å². The zero-order valence-electron chi connectivity index (χ0n) is 9.77. The number of nitrogens with zero attached hydrogens (tertiary/aromatic N) is 1. The van der Waals surface area contributed by atoms with Crippen LogP contribution in [0.5, 0.6) is 0 Å². The summed E-state index contributed by atoms with van der Waals surface area (Å²) in [6, 6.07) is 0.0185.